The molecule has 3 amide bonds. The third kappa shape index (κ3) is 6.67. The number of benzene rings is 1. The molecule has 0 spiro atoms. The van der Waals surface area contributed by atoms with Crippen LogP contribution in [0.25, 0.3) is 0 Å². The molecule has 1 aromatic carbocycles. The summed E-state index contributed by atoms with van der Waals surface area (Å²) in [6, 6.07) is 8.15. The lowest BCUT2D eigenvalue weighted by molar-refractivity contribution is -0.149. The van der Waals surface area contributed by atoms with Gasteiger partial charge in [0.25, 0.3) is 0 Å². The van der Waals surface area contributed by atoms with E-state index in [1.165, 1.54) is 11.8 Å². The molecule has 33 heavy (non-hydrogen) atoms. The zero-order chi connectivity index (χ0) is 23.8. The molecule has 3 atom stereocenters. The van der Waals surface area contributed by atoms with Crippen LogP contribution in [0.3, 0.4) is 0 Å². The van der Waals surface area contributed by atoms with Crippen LogP contribution in [-0.4, -0.2) is 78.7 Å². The highest BCUT2D eigenvalue weighted by Crippen LogP contribution is 2.59. The second kappa shape index (κ2) is 11.1. The molecule has 2 fully saturated rings. The van der Waals surface area contributed by atoms with Gasteiger partial charge in [-0.3, -0.25) is 14.4 Å². The number of hydrogen-bond donors (Lipinski definition) is 3. The maximum Gasteiger partial charge on any atom is 0.326 e. The van der Waals surface area contributed by atoms with Crippen LogP contribution in [0.1, 0.15) is 32.6 Å². The maximum absolute atomic E-state index is 12.7. The number of piperidine rings is 1. The maximum atomic E-state index is 12.7. The number of carbonyl (C=O) groups excluding carboxylic acids is 3. The van der Waals surface area contributed by atoms with E-state index >= 15 is 0 Å². The summed E-state index contributed by atoms with van der Waals surface area (Å²) in [7, 11) is 0. The van der Waals surface area contributed by atoms with E-state index in [-0.39, 0.29) is 36.2 Å². The second-order valence-corrected chi connectivity index (χ2v) is 8.52. The predicted molar refractivity (Wildman–Crippen MR) is 117 cm³/mol. The summed E-state index contributed by atoms with van der Waals surface area (Å²) in [5.74, 6) is -1.16. The lowest BCUT2D eigenvalue weighted by Crippen LogP contribution is -2.47. The molecule has 3 rings (SSSR count). The number of carboxylic acids is 1. The molecule has 0 radical (unpaired) electrons. The third-order valence-electron chi connectivity index (χ3n) is 6.00. The number of hydrogen-bond acceptors (Lipinski definition) is 6. The quantitative estimate of drug-likeness (QED) is 0.365. The summed E-state index contributed by atoms with van der Waals surface area (Å²) >= 11 is 0. The van der Waals surface area contributed by atoms with Gasteiger partial charge in [-0.2, -0.15) is 0 Å². The van der Waals surface area contributed by atoms with Crippen LogP contribution in [0.4, 0.5) is 0 Å². The highest BCUT2D eigenvalue weighted by Gasteiger charge is 2.67. The average Bonchev–Trinajstić information content (AvgIpc) is 3.38. The number of carbonyl (C=O) groups is 4. The Labute approximate surface area is 192 Å². The lowest BCUT2D eigenvalue weighted by atomic mass is 10.0. The normalized spacial score (nSPS) is 22.9. The van der Waals surface area contributed by atoms with Crippen LogP contribution in [0.2, 0.25) is 0 Å². The number of fused-ring (bicyclic) bond motifs is 1. The summed E-state index contributed by atoms with van der Waals surface area (Å²) in [6.07, 6.45) is 1.70. The second-order valence-electron chi connectivity index (χ2n) is 8.52. The van der Waals surface area contributed by atoms with Gasteiger partial charge in [0.2, 0.25) is 17.7 Å². The van der Waals surface area contributed by atoms with Crippen molar-refractivity contribution in [2.75, 3.05) is 32.9 Å². The van der Waals surface area contributed by atoms with E-state index in [2.05, 4.69) is 10.6 Å². The lowest BCUT2D eigenvalue weighted by Gasteiger charge is -2.24. The van der Waals surface area contributed by atoms with Crippen LogP contribution in [0, 0.1) is 5.41 Å². The fourth-order valence-corrected chi connectivity index (χ4v) is 4.28. The molecular weight excluding hydrogens is 430 g/mol. The number of amides is 3. The number of nitrogens with one attached hydrogen (secondary N) is 2. The number of rotatable bonds is 13. The van der Waals surface area contributed by atoms with Crippen LogP contribution >= 0.6 is 0 Å². The van der Waals surface area contributed by atoms with Crippen molar-refractivity contribution < 1.29 is 33.8 Å². The SMILES string of the molecule is CC(=O)NCCOC[C@@]12C[C@@H]1N(C(=O)CNC(=O)CCCOc1ccccc1)[C@H](C(=O)O)C2. The van der Waals surface area contributed by atoms with E-state index in [1.807, 2.05) is 30.3 Å². The number of aliphatic carboxylic acids is 1. The standard InChI is InChI=1S/C23H31N3O7/c1-16(27)24-9-11-32-15-23-12-18(22(30)31)26(19(23)13-23)21(29)14-25-20(28)8-5-10-33-17-6-3-2-4-7-17/h2-4,6-7,18-19H,5,8-15H2,1H3,(H,24,27)(H,25,28)(H,30,31)/t18-,19-,23+/m0/s1. The molecule has 2 aliphatic rings. The van der Waals surface area contributed by atoms with E-state index < -0.39 is 17.9 Å². The van der Waals surface area contributed by atoms with Gasteiger partial charge in [-0.25, -0.2) is 4.79 Å². The first-order valence-corrected chi connectivity index (χ1v) is 11.1. The smallest absolute Gasteiger partial charge is 0.326 e. The molecule has 10 nitrogen and oxygen atoms in total. The van der Waals surface area contributed by atoms with Crippen LogP contribution < -0.4 is 15.4 Å². The van der Waals surface area contributed by atoms with Crippen LogP contribution in [0.15, 0.2) is 30.3 Å². The van der Waals surface area contributed by atoms with Gasteiger partial charge in [0.15, 0.2) is 0 Å². The van der Waals surface area contributed by atoms with Gasteiger partial charge in [0.1, 0.15) is 11.8 Å². The van der Waals surface area contributed by atoms with E-state index in [0.717, 1.165) is 5.75 Å². The summed E-state index contributed by atoms with van der Waals surface area (Å²) < 4.78 is 11.2. The van der Waals surface area contributed by atoms with Crippen molar-refractivity contribution in [2.45, 2.75) is 44.7 Å². The molecule has 1 aromatic rings. The zero-order valence-electron chi connectivity index (χ0n) is 18.7. The number of carboxylic acid groups (broad SMARTS) is 1. The van der Waals surface area contributed by atoms with Gasteiger partial charge in [0, 0.05) is 31.3 Å². The molecule has 180 valence electrons. The zero-order valence-corrected chi connectivity index (χ0v) is 18.7. The Balaban J connectivity index is 1.39. The van der Waals surface area contributed by atoms with Gasteiger partial charge >= 0.3 is 5.97 Å². The highest BCUT2D eigenvalue weighted by atomic mass is 16.5. The monoisotopic (exact) mass is 461 g/mol. The molecule has 1 saturated heterocycles. The molecule has 3 N–H and O–H groups in total. The minimum absolute atomic E-state index is 0.143. The summed E-state index contributed by atoms with van der Waals surface area (Å²) in [6.45, 7) is 2.60. The molecule has 1 saturated carbocycles. The first-order chi connectivity index (χ1) is 15.8. The highest BCUT2D eigenvalue weighted by molar-refractivity contribution is 5.89. The Morgan fingerprint density at radius 2 is 1.88 bits per heavy atom. The van der Waals surface area contributed by atoms with Crippen molar-refractivity contribution in [2.24, 2.45) is 5.41 Å². The molecular formula is C23H31N3O7. The van der Waals surface area contributed by atoms with Gasteiger partial charge in [-0.05, 0) is 31.4 Å². The first kappa shape index (κ1) is 24.5. The van der Waals surface area contributed by atoms with Crippen LogP contribution in [0.5, 0.6) is 5.75 Å². The van der Waals surface area contributed by atoms with Gasteiger partial charge in [-0.15, -0.1) is 0 Å². The van der Waals surface area contributed by atoms with Crippen molar-refractivity contribution in [3.8, 4) is 5.75 Å². The third-order valence-corrected chi connectivity index (χ3v) is 6.00. The van der Waals surface area contributed by atoms with Gasteiger partial charge < -0.3 is 30.1 Å². The molecule has 0 unspecified atom stereocenters. The number of ether oxygens (including phenoxy) is 2. The van der Waals surface area contributed by atoms with Crippen LogP contribution in [-0.2, 0) is 23.9 Å². The number of para-hydroxylation sites is 1. The van der Waals surface area contributed by atoms with Gasteiger partial charge in [-0.1, -0.05) is 18.2 Å². The van der Waals surface area contributed by atoms with Crippen molar-refractivity contribution in [3.63, 3.8) is 0 Å². The molecule has 1 aliphatic carbocycles. The first-order valence-electron chi connectivity index (χ1n) is 11.1. The van der Waals surface area contributed by atoms with Gasteiger partial charge in [0.05, 0.1) is 26.4 Å². The molecule has 0 aromatic heterocycles. The molecule has 10 heteroatoms. The average molecular weight is 462 g/mol. The topological polar surface area (TPSA) is 134 Å². The van der Waals surface area contributed by atoms with Crippen molar-refractivity contribution in [1.29, 1.82) is 0 Å². The summed E-state index contributed by atoms with van der Waals surface area (Å²) in [5, 5.41) is 14.8. The van der Waals surface area contributed by atoms with E-state index in [4.69, 9.17) is 9.47 Å². The summed E-state index contributed by atoms with van der Waals surface area (Å²) in [5.41, 5.74) is -0.367. The Hall–Kier alpha value is -3.14. The molecule has 1 heterocycles. The number of likely N-dealkylation sites (tertiary alicyclic amines) is 1. The Morgan fingerprint density at radius 1 is 1.12 bits per heavy atom. The van der Waals surface area contributed by atoms with Crippen molar-refractivity contribution >= 4 is 23.7 Å². The molecule has 1 aliphatic heterocycles. The minimum atomic E-state index is -1.06. The minimum Gasteiger partial charge on any atom is -0.494 e. The number of nitrogens with zero attached hydrogens (tertiary/aromatic N) is 1. The predicted octanol–water partition coefficient (Wildman–Crippen LogP) is 0.559. The molecule has 0 bridgehead atoms. The fraction of sp³-hybridized carbons (Fsp3) is 0.565. The Kier molecular flexibility index (Phi) is 8.26. The summed E-state index contributed by atoms with van der Waals surface area (Å²) in [4.78, 5) is 48.8. The van der Waals surface area contributed by atoms with Crippen molar-refractivity contribution in [3.05, 3.63) is 30.3 Å². The Morgan fingerprint density at radius 3 is 2.58 bits per heavy atom. The largest absolute Gasteiger partial charge is 0.494 e. The van der Waals surface area contributed by atoms with E-state index in [0.29, 0.717) is 45.6 Å². The van der Waals surface area contributed by atoms with Crippen molar-refractivity contribution in [1.82, 2.24) is 15.5 Å². The van der Waals surface area contributed by atoms with E-state index in [1.54, 1.807) is 0 Å². The Bertz CT molecular complexity index is 863. The fourth-order valence-electron chi connectivity index (χ4n) is 4.28. The van der Waals surface area contributed by atoms with E-state index in [9.17, 15) is 24.3 Å².